The first-order chi connectivity index (χ1) is 25.6. The van der Waals surface area contributed by atoms with E-state index in [1.165, 1.54) is 141 Å². The van der Waals surface area contributed by atoms with Crippen LogP contribution in [0.2, 0.25) is 0 Å². The fraction of sp³-hybridized carbons (Fsp3) is 0.957. The zero-order chi connectivity index (χ0) is 39.2. The number of rotatable bonds is 27. The molecular weight excluding hydrogens is 689 g/mol. The lowest BCUT2D eigenvalue weighted by molar-refractivity contribution is -0.870. The summed E-state index contributed by atoms with van der Waals surface area (Å²) in [4.78, 5) is 9.80. The molecule has 4 rings (SSSR count). The summed E-state index contributed by atoms with van der Waals surface area (Å²) in [6, 6.07) is 0. The second-order valence-corrected chi connectivity index (χ2v) is 22.2. The van der Waals surface area contributed by atoms with Gasteiger partial charge in [-0.2, -0.15) is 0 Å². The summed E-state index contributed by atoms with van der Waals surface area (Å²) in [6.07, 6.45) is 34.8. The van der Waals surface area contributed by atoms with Crippen LogP contribution in [0.3, 0.4) is 0 Å². The Balaban J connectivity index is 0.987. The van der Waals surface area contributed by atoms with Gasteiger partial charge in [-0.1, -0.05) is 136 Å². The molecule has 0 aromatic heterocycles. The quantitative estimate of drug-likeness (QED) is 0.0389. The fourth-order valence-corrected chi connectivity index (χ4v) is 12.6. The van der Waals surface area contributed by atoms with E-state index < -0.39 is 7.82 Å². The Morgan fingerprint density at radius 1 is 0.741 bits per heavy atom. The van der Waals surface area contributed by atoms with Gasteiger partial charge in [0.05, 0.1) is 33.9 Å². The van der Waals surface area contributed by atoms with Crippen LogP contribution >= 0.6 is 7.82 Å². The normalized spacial score (nSPS) is 31.4. The average Bonchev–Trinajstić information content (AvgIpc) is 3.46. The zero-order valence-corrected chi connectivity index (χ0v) is 37.8. The minimum Gasteiger partial charge on any atom is -0.378 e. The monoisotopic (exact) mass is 779 g/mol. The largest absolute Gasteiger partial charge is 0.472 e. The van der Waals surface area contributed by atoms with Gasteiger partial charge in [-0.05, 0) is 111 Å². The van der Waals surface area contributed by atoms with Crippen LogP contribution in [0, 0.1) is 46.3 Å². The van der Waals surface area contributed by atoms with Gasteiger partial charge in [0.1, 0.15) is 13.2 Å². The standard InChI is InChI=1S/C47H88NO5P/c1-38(2)23-22-24-39(3)43-27-28-44-42-26-25-40-37-41(29-31-46(40,4)45(42)30-32-47(43,44)5)51-34-20-18-16-14-12-10-9-11-13-15-17-19-21-35-52-54(49,50)53-36-33-48(6,7)8/h25,38-39,41-45H,9-24,26-37H2,1-8H3/p+1/t39-,41+,42+,43-,44+,45+,46+,47-/m1/s1. The molecule has 3 saturated carbocycles. The molecule has 0 radical (unpaired) electrons. The lowest BCUT2D eigenvalue weighted by atomic mass is 9.47. The van der Waals surface area contributed by atoms with Gasteiger partial charge in [-0.15, -0.1) is 0 Å². The van der Waals surface area contributed by atoms with Crippen molar-refractivity contribution in [1.29, 1.82) is 0 Å². The first-order valence-electron chi connectivity index (χ1n) is 23.4. The molecule has 54 heavy (non-hydrogen) atoms. The van der Waals surface area contributed by atoms with Crippen LogP contribution in [0.5, 0.6) is 0 Å². The van der Waals surface area contributed by atoms with E-state index in [2.05, 4.69) is 40.7 Å². The number of phosphoric ester groups is 1. The molecule has 6 nitrogen and oxygen atoms in total. The summed E-state index contributed by atoms with van der Waals surface area (Å²) in [5.41, 5.74) is 2.79. The number of fused-ring (bicyclic) bond motifs is 5. The third kappa shape index (κ3) is 14.2. The Morgan fingerprint density at radius 3 is 1.94 bits per heavy atom. The van der Waals surface area contributed by atoms with Gasteiger partial charge < -0.3 is 14.1 Å². The molecule has 4 aliphatic carbocycles. The zero-order valence-electron chi connectivity index (χ0n) is 36.9. The van der Waals surface area contributed by atoms with E-state index in [1.54, 1.807) is 5.57 Å². The predicted octanol–water partition coefficient (Wildman–Crippen LogP) is 13.3. The Labute approximate surface area is 334 Å². The van der Waals surface area contributed by atoms with E-state index in [0.29, 0.717) is 34.6 Å². The average molecular weight is 779 g/mol. The van der Waals surface area contributed by atoms with E-state index in [9.17, 15) is 9.46 Å². The van der Waals surface area contributed by atoms with Crippen LogP contribution in [0.15, 0.2) is 11.6 Å². The molecular formula is C47H89NO5P+. The van der Waals surface area contributed by atoms with E-state index in [-0.39, 0.29) is 6.61 Å². The topological polar surface area (TPSA) is 65.0 Å². The van der Waals surface area contributed by atoms with Gasteiger partial charge in [-0.3, -0.25) is 9.05 Å². The fourth-order valence-electron chi connectivity index (χ4n) is 11.8. The van der Waals surface area contributed by atoms with Gasteiger partial charge in [0.25, 0.3) is 0 Å². The molecule has 0 amide bonds. The van der Waals surface area contributed by atoms with Crippen LogP contribution < -0.4 is 0 Å². The highest BCUT2D eigenvalue weighted by atomic mass is 31.2. The van der Waals surface area contributed by atoms with Gasteiger partial charge in [0, 0.05) is 6.61 Å². The van der Waals surface area contributed by atoms with Crippen LogP contribution in [0.25, 0.3) is 0 Å². The highest BCUT2D eigenvalue weighted by Crippen LogP contribution is 2.67. The molecule has 0 aliphatic heterocycles. The summed E-state index contributed by atoms with van der Waals surface area (Å²) < 4.78 is 29.4. The molecule has 0 aromatic carbocycles. The van der Waals surface area contributed by atoms with E-state index in [4.69, 9.17) is 13.8 Å². The highest BCUT2D eigenvalue weighted by Gasteiger charge is 2.59. The Bertz CT molecular complexity index is 1150. The Hall–Kier alpha value is -0.230. The maximum atomic E-state index is 12.0. The van der Waals surface area contributed by atoms with Crippen LogP contribution in [-0.2, 0) is 18.3 Å². The van der Waals surface area contributed by atoms with E-state index in [1.807, 2.05) is 21.1 Å². The second-order valence-electron chi connectivity index (χ2n) is 20.8. The molecule has 1 unspecified atom stereocenters. The van der Waals surface area contributed by atoms with Crippen molar-refractivity contribution in [2.24, 2.45) is 46.3 Å². The van der Waals surface area contributed by atoms with Crippen molar-refractivity contribution in [3.63, 3.8) is 0 Å². The van der Waals surface area contributed by atoms with Gasteiger partial charge in [-0.25, -0.2) is 4.57 Å². The number of nitrogens with zero attached hydrogens (tertiary/aromatic N) is 1. The number of unbranched alkanes of at least 4 members (excludes halogenated alkanes) is 12. The van der Waals surface area contributed by atoms with Crippen molar-refractivity contribution in [1.82, 2.24) is 0 Å². The predicted molar refractivity (Wildman–Crippen MR) is 227 cm³/mol. The second kappa shape index (κ2) is 22.2. The van der Waals surface area contributed by atoms with Crippen molar-refractivity contribution in [3.05, 3.63) is 11.6 Å². The number of allylic oxidation sites excluding steroid dienone is 1. The summed E-state index contributed by atoms with van der Waals surface area (Å²) >= 11 is 0. The van der Waals surface area contributed by atoms with Crippen molar-refractivity contribution in [2.75, 3.05) is 47.5 Å². The minimum atomic E-state index is -3.91. The number of ether oxygens (including phenoxy) is 1. The molecule has 3 fully saturated rings. The van der Waals surface area contributed by atoms with Gasteiger partial charge in [0.15, 0.2) is 0 Å². The molecule has 0 saturated heterocycles. The van der Waals surface area contributed by atoms with E-state index in [0.717, 1.165) is 55.0 Å². The molecule has 9 atom stereocenters. The Morgan fingerprint density at radius 2 is 1.33 bits per heavy atom. The number of hydrogen-bond acceptors (Lipinski definition) is 4. The number of phosphoric acid groups is 1. The third-order valence-corrected chi connectivity index (χ3v) is 16.2. The van der Waals surface area contributed by atoms with Crippen LogP contribution in [0.1, 0.15) is 189 Å². The van der Waals surface area contributed by atoms with Gasteiger partial charge >= 0.3 is 7.82 Å². The van der Waals surface area contributed by atoms with E-state index >= 15 is 0 Å². The summed E-state index contributed by atoms with van der Waals surface area (Å²) in [6.45, 7) is 14.9. The van der Waals surface area contributed by atoms with Crippen molar-refractivity contribution in [3.8, 4) is 0 Å². The van der Waals surface area contributed by atoms with Crippen LogP contribution in [0.4, 0.5) is 0 Å². The maximum Gasteiger partial charge on any atom is 0.472 e. The molecule has 316 valence electrons. The van der Waals surface area contributed by atoms with Gasteiger partial charge in [0.2, 0.25) is 0 Å². The SMILES string of the molecule is CC(C)CCC[C@@H](C)[C@H]1CC[C@H]2[C@@H]3CC=C4C[C@@H](OCCCCCCCCCCCCCCCOP(=O)(O)OCC[N+](C)(C)C)CC[C@]4(C)[C@H]3CC[C@]12C. The Kier molecular flexibility index (Phi) is 19.1. The lowest BCUT2D eigenvalue weighted by Crippen LogP contribution is -2.51. The third-order valence-electron chi connectivity index (χ3n) is 15.2. The molecule has 0 spiro atoms. The molecule has 4 aliphatic rings. The summed E-state index contributed by atoms with van der Waals surface area (Å²) in [5.74, 6) is 5.47. The first kappa shape index (κ1) is 46.5. The molecule has 1 N–H and O–H groups in total. The molecule has 0 bridgehead atoms. The number of quaternary nitrogens is 1. The minimum absolute atomic E-state index is 0.227. The number of likely N-dealkylation sites (N-methyl/N-ethyl adjacent to an activating group) is 1. The smallest absolute Gasteiger partial charge is 0.378 e. The number of hydrogen-bond donors (Lipinski definition) is 1. The maximum absolute atomic E-state index is 12.0. The lowest BCUT2D eigenvalue weighted by Gasteiger charge is -2.58. The highest BCUT2D eigenvalue weighted by molar-refractivity contribution is 7.47. The summed E-state index contributed by atoms with van der Waals surface area (Å²) in [5, 5.41) is 0. The molecule has 0 heterocycles. The van der Waals surface area contributed by atoms with Crippen molar-refractivity contribution in [2.45, 2.75) is 195 Å². The molecule has 7 heteroatoms. The summed E-state index contributed by atoms with van der Waals surface area (Å²) in [7, 11) is 2.17. The first-order valence-corrected chi connectivity index (χ1v) is 24.9. The van der Waals surface area contributed by atoms with Crippen LogP contribution in [-0.4, -0.2) is 63.0 Å². The molecule has 0 aromatic rings. The van der Waals surface area contributed by atoms with Crippen molar-refractivity contribution < 1.29 is 27.7 Å². The van der Waals surface area contributed by atoms with Crippen molar-refractivity contribution >= 4 is 7.82 Å².